The maximum Gasteiger partial charge on any atom is 0.294 e. The second kappa shape index (κ2) is 4.84. The molecule has 0 atom stereocenters. The van der Waals surface area contributed by atoms with Crippen LogP contribution in [0.3, 0.4) is 0 Å². The van der Waals surface area contributed by atoms with Crippen molar-refractivity contribution in [1.82, 2.24) is 0 Å². The standard InChI is InChI=1S/C12H9ClN2O2/c13-14(10-6-2-1-3-7-10)11-8-4-5-9-12(11)15(16)17/h1-9H. The highest BCUT2D eigenvalue weighted by Gasteiger charge is 2.18. The zero-order valence-corrected chi connectivity index (χ0v) is 9.54. The summed E-state index contributed by atoms with van der Waals surface area (Å²) in [6, 6.07) is 15.4. The third kappa shape index (κ3) is 2.37. The minimum Gasteiger partial charge on any atom is -0.258 e. The van der Waals surface area contributed by atoms with Crippen LogP contribution in [0.1, 0.15) is 0 Å². The van der Waals surface area contributed by atoms with Gasteiger partial charge in [0, 0.05) is 17.8 Å². The smallest absolute Gasteiger partial charge is 0.258 e. The van der Waals surface area contributed by atoms with E-state index < -0.39 is 4.92 Å². The van der Waals surface area contributed by atoms with Gasteiger partial charge < -0.3 is 0 Å². The van der Waals surface area contributed by atoms with Gasteiger partial charge in [0.2, 0.25) is 0 Å². The molecule has 4 nitrogen and oxygen atoms in total. The van der Waals surface area contributed by atoms with E-state index in [4.69, 9.17) is 11.8 Å². The summed E-state index contributed by atoms with van der Waals surface area (Å²) in [6.45, 7) is 0. The largest absolute Gasteiger partial charge is 0.294 e. The summed E-state index contributed by atoms with van der Waals surface area (Å²) in [5.41, 5.74) is 1.01. The fraction of sp³-hybridized carbons (Fsp3) is 0. The first-order valence-corrected chi connectivity index (χ1v) is 5.28. The second-order valence-electron chi connectivity index (χ2n) is 3.36. The van der Waals surface area contributed by atoms with Crippen molar-refractivity contribution in [3.05, 3.63) is 64.7 Å². The van der Waals surface area contributed by atoms with E-state index in [1.54, 1.807) is 30.3 Å². The lowest BCUT2D eigenvalue weighted by Gasteiger charge is -2.15. The molecule has 86 valence electrons. The van der Waals surface area contributed by atoms with Crippen molar-refractivity contribution in [3.8, 4) is 0 Å². The molecular formula is C12H9ClN2O2. The van der Waals surface area contributed by atoms with Gasteiger partial charge in [-0.15, -0.1) is 0 Å². The fourth-order valence-electron chi connectivity index (χ4n) is 1.48. The van der Waals surface area contributed by atoms with E-state index in [0.717, 1.165) is 0 Å². The first-order valence-electron chi connectivity index (χ1n) is 4.94. The Morgan fingerprint density at radius 3 is 2.24 bits per heavy atom. The Kier molecular flexibility index (Phi) is 3.25. The summed E-state index contributed by atoms with van der Waals surface area (Å²) < 4.78 is 1.28. The summed E-state index contributed by atoms with van der Waals surface area (Å²) in [5.74, 6) is 0. The lowest BCUT2D eigenvalue weighted by Crippen LogP contribution is -2.04. The van der Waals surface area contributed by atoms with Crippen LogP contribution < -0.4 is 4.42 Å². The van der Waals surface area contributed by atoms with Gasteiger partial charge in [0.05, 0.1) is 10.6 Å². The molecule has 2 rings (SSSR count). The molecule has 0 saturated heterocycles. The van der Waals surface area contributed by atoms with Gasteiger partial charge >= 0.3 is 0 Å². The molecule has 0 fully saturated rings. The van der Waals surface area contributed by atoms with E-state index in [2.05, 4.69) is 0 Å². The first kappa shape index (κ1) is 11.4. The minimum atomic E-state index is -0.451. The summed E-state index contributed by atoms with van der Waals surface area (Å²) in [4.78, 5) is 10.4. The summed E-state index contributed by atoms with van der Waals surface area (Å²) >= 11 is 6.11. The van der Waals surface area contributed by atoms with Crippen molar-refractivity contribution in [2.75, 3.05) is 4.42 Å². The van der Waals surface area contributed by atoms with Gasteiger partial charge in [0.1, 0.15) is 5.69 Å². The molecule has 0 saturated carbocycles. The van der Waals surface area contributed by atoms with Gasteiger partial charge in [-0.2, -0.15) is 0 Å². The predicted octanol–water partition coefficient (Wildman–Crippen LogP) is 3.89. The molecular weight excluding hydrogens is 240 g/mol. The molecule has 0 aliphatic rings. The van der Waals surface area contributed by atoms with E-state index in [0.29, 0.717) is 11.4 Å². The molecule has 0 bridgehead atoms. The predicted molar refractivity (Wildman–Crippen MR) is 67.5 cm³/mol. The average Bonchev–Trinajstić information content (AvgIpc) is 2.39. The zero-order chi connectivity index (χ0) is 12.3. The van der Waals surface area contributed by atoms with Crippen LogP contribution in [0.4, 0.5) is 17.1 Å². The number of para-hydroxylation sites is 3. The summed E-state index contributed by atoms with van der Waals surface area (Å²) in [5, 5.41) is 10.9. The van der Waals surface area contributed by atoms with Crippen molar-refractivity contribution in [1.29, 1.82) is 0 Å². The van der Waals surface area contributed by atoms with Crippen LogP contribution in [0.25, 0.3) is 0 Å². The van der Waals surface area contributed by atoms with Crippen LogP contribution in [-0.2, 0) is 0 Å². The van der Waals surface area contributed by atoms with E-state index >= 15 is 0 Å². The Labute approximate surface area is 103 Å². The van der Waals surface area contributed by atoms with Crippen molar-refractivity contribution in [2.45, 2.75) is 0 Å². The minimum absolute atomic E-state index is 0.0219. The molecule has 0 unspecified atom stereocenters. The molecule has 0 heterocycles. The van der Waals surface area contributed by atoms with Crippen LogP contribution in [0.2, 0.25) is 0 Å². The Morgan fingerprint density at radius 2 is 1.59 bits per heavy atom. The van der Waals surface area contributed by atoms with E-state index in [1.807, 2.05) is 18.2 Å². The number of benzene rings is 2. The highest BCUT2D eigenvalue weighted by atomic mass is 35.5. The molecule has 0 radical (unpaired) electrons. The van der Waals surface area contributed by atoms with E-state index in [9.17, 15) is 10.1 Å². The number of hydrogen-bond donors (Lipinski definition) is 0. The quantitative estimate of drug-likeness (QED) is 0.470. The first-order chi connectivity index (χ1) is 8.20. The number of nitro groups is 1. The molecule has 5 heteroatoms. The van der Waals surface area contributed by atoms with Crippen LogP contribution in [0, 0.1) is 10.1 Å². The maximum atomic E-state index is 10.9. The lowest BCUT2D eigenvalue weighted by molar-refractivity contribution is -0.384. The lowest BCUT2D eigenvalue weighted by atomic mass is 10.2. The number of halogens is 1. The topological polar surface area (TPSA) is 46.4 Å². The Bertz CT molecular complexity index is 531. The molecule has 2 aromatic carbocycles. The average molecular weight is 249 g/mol. The van der Waals surface area contributed by atoms with Crippen molar-refractivity contribution < 1.29 is 4.92 Å². The van der Waals surface area contributed by atoms with Gasteiger partial charge in [-0.1, -0.05) is 30.3 Å². The van der Waals surface area contributed by atoms with E-state index in [-0.39, 0.29) is 5.69 Å². The molecule has 0 amide bonds. The monoisotopic (exact) mass is 248 g/mol. The van der Waals surface area contributed by atoms with Gasteiger partial charge in [-0.25, -0.2) is 4.42 Å². The zero-order valence-electron chi connectivity index (χ0n) is 8.79. The number of anilines is 2. The Hall–Kier alpha value is -2.07. The van der Waals surface area contributed by atoms with Crippen molar-refractivity contribution in [3.63, 3.8) is 0 Å². The molecule has 17 heavy (non-hydrogen) atoms. The van der Waals surface area contributed by atoms with Gasteiger partial charge in [0.15, 0.2) is 0 Å². The van der Waals surface area contributed by atoms with E-state index in [1.165, 1.54) is 10.5 Å². The van der Waals surface area contributed by atoms with Crippen LogP contribution in [0.15, 0.2) is 54.6 Å². The van der Waals surface area contributed by atoms with Crippen LogP contribution in [0.5, 0.6) is 0 Å². The maximum absolute atomic E-state index is 10.9. The van der Waals surface area contributed by atoms with Crippen molar-refractivity contribution in [2.24, 2.45) is 0 Å². The van der Waals surface area contributed by atoms with Crippen LogP contribution in [-0.4, -0.2) is 4.92 Å². The SMILES string of the molecule is O=[N+]([O-])c1ccccc1N(Cl)c1ccccc1. The van der Waals surface area contributed by atoms with Gasteiger partial charge in [0.25, 0.3) is 5.69 Å². The Balaban J connectivity index is 2.44. The summed E-state index contributed by atoms with van der Waals surface area (Å²) in [7, 11) is 0. The van der Waals surface area contributed by atoms with Gasteiger partial charge in [-0.05, 0) is 18.2 Å². The van der Waals surface area contributed by atoms with Gasteiger partial charge in [-0.3, -0.25) is 10.1 Å². The third-order valence-corrected chi connectivity index (χ3v) is 2.65. The summed E-state index contributed by atoms with van der Waals surface area (Å²) in [6.07, 6.45) is 0. The van der Waals surface area contributed by atoms with Crippen molar-refractivity contribution >= 4 is 28.8 Å². The highest BCUT2D eigenvalue weighted by molar-refractivity contribution is 6.30. The number of nitro benzene ring substituents is 1. The molecule has 0 N–H and O–H groups in total. The fourth-order valence-corrected chi connectivity index (χ4v) is 1.74. The number of hydrogen-bond acceptors (Lipinski definition) is 3. The molecule has 0 spiro atoms. The van der Waals surface area contributed by atoms with Crippen LogP contribution >= 0.6 is 11.8 Å². The molecule has 2 aromatic rings. The second-order valence-corrected chi connectivity index (χ2v) is 3.70. The number of rotatable bonds is 3. The number of nitrogens with zero attached hydrogens (tertiary/aromatic N) is 2. The normalized spacial score (nSPS) is 9.94. The molecule has 0 aromatic heterocycles. The Morgan fingerprint density at radius 1 is 1.00 bits per heavy atom. The highest BCUT2D eigenvalue weighted by Crippen LogP contribution is 2.34. The molecule has 0 aliphatic heterocycles. The third-order valence-electron chi connectivity index (χ3n) is 2.27. The molecule has 0 aliphatic carbocycles.